The Labute approximate surface area is 123 Å². The first-order valence-electron chi connectivity index (χ1n) is 7.53. The van der Waals surface area contributed by atoms with Gasteiger partial charge in [-0.3, -0.25) is 4.79 Å². The van der Waals surface area contributed by atoms with Crippen LogP contribution in [0.2, 0.25) is 0 Å². The largest absolute Gasteiger partial charge is 0.396 e. The van der Waals surface area contributed by atoms with Crippen LogP contribution in [0.5, 0.6) is 0 Å². The van der Waals surface area contributed by atoms with Gasteiger partial charge in [0.1, 0.15) is 0 Å². The van der Waals surface area contributed by atoms with Crippen LogP contribution in [0.1, 0.15) is 24.0 Å². The summed E-state index contributed by atoms with van der Waals surface area (Å²) in [7, 11) is 0. The number of hydrogen-bond donors (Lipinski definition) is 4. The second-order valence-corrected chi connectivity index (χ2v) is 5.47. The van der Waals surface area contributed by atoms with E-state index in [1.807, 2.05) is 6.07 Å². The third kappa shape index (κ3) is 2.94. The van der Waals surface area contributed by atoms with E-state index in [0.29, 0.717) is 0 Å². The molecule has 0 amide bonds. The summed E-state index contributed by atoms with van der Waals surface area (Å²) in [6, 6.07) is 6.19. The molecule has 5 nitrogen and oxygen atoms in total. The van der Waals surface area contributed by atoms with E-state index in [9.17, 15) is 4.79 Å². The van der Waals surface area contributed by atoms with Gasteiger partial charge in [-0.05, 0) is 37.4 Å². The van der Waals surface area contributed by atoms with Crippen molar-refractivity contribution in [3.05, 3.63) is 39.7 Å². The maximum absolute atomic E-state index is 12.1. The van der Waals surface area contributed by atoms with Crippen LogP contribution in [0.15, 0.2) is 23.0 Å². The van der Waals surface area contributed by atoms with E-state index in [1.54, 1.807) is 0 Å². The van der Waals surface area contributed by atoms with Crippen LogP contribution in [0.3, 0.4) is 0 Å². The van der Waals surface area contributed by atoms with Gasteiger partial charge in [-0.2, -0.15) is 0 Å². The van der Waals surface area contributed by atoms with Crippen molar-refractivity contribution in [2.45, 2.75) is 25.8 Å². The summed E-state index contributed by atoms with van der Waals surface area (Å²) in [5.74, 6) is 0. The molecule has 2 aromatic rings. The Balaban J connectivity index is 1.90. The van der Waals surface area contributed by atoms with Crippen LogP contribution in [-0.2, 0) is 13.0 Å². The van der Waals surface area contributed by atoms with E-state index in [1.165, 1.54) is 0 Å². The van der Waals surface area contributed by atoms with Gasteiger partial charge in [0, 0.05) is 30.6 Å². The van der Waals surface area contributed by atoms with Gasteiger partial charge in [0.15, 0.2) is 0 Å². The molecule has 1 aromatic heterocycles. The van der Waals surface area contributed by atoms with E-state index in [4.69, 9.17) is 5.11 Å². The number of aliphatic hydroxyl groups is 1. The normalized spacial score (nSPS) is 14.0. The molecule has 0 radical (unpaired) electrons. The zero-order valence-corrected chi connectivity index (χ0v) is 12.0. The Morgan fingerprint density at radius 1 is 1.33 bits per heavy atom. The summed E-state index contributed by atoms with van der Waals surface area (Å²) < 4.78 is 0. The quantitative estimate of drug-likeness (QED) is 0.626. The molecule has 3 rings (SSSR count). The van der Waals surface area contributed by atoms with Crippen LogP contribution in [-0.4, -0.2) is 29.8 Å². The summed E-state index contributed by atoms with van der Waals surface area (Å²) in [5.41, 5.74) is 3.92. The molecule has 0 spiro atoms. The van der Waals surface area contributed by atoms with Crippen molar-refractivity contribution in [2.24, 2.45) is 0 Å². The molecule has 1 aliphatic heterocycles. The predicted octanol–water partition coefficient (Wildman–Crippen LogP) is 1.36. The van der Waals surface area contributed by atoms with E-state index in [2.05, 4.69) is 27.8 Å². The van der Waals surface area contributed by atoms with Crippen molar-refractivity contribution < 1.29 is 5.11 Å². The van der Waals surface area contributed by atoms with Gasteiger partial charge in [-0.1, -0.05) is 12.1 Å². The van der Waals surface area contributed by atoms with Gasteiger partial charge >= 0.3 is 0 Å². The lowest BCUT2D eigenvalue weighted by Gasteiger charge is -2.19. The highest BCUT2D eigenvalue weighted by atomic mass is 16.3. The molecule has 0 unspecified atom stereocenters. The van der Waals surface area contributed by atoms with Gasteiger partial charge in [-0.25, -0.2) is 0 Å². The van der Waals surface area contributed by atoms with Crippen molar-refractivity contribution >= 4 is 16.6 Å². The number of H-pyrrole nitrogens is 1. The SMILES string of the molecule is O=c1[nH]c2cc(CNCCCO)ccc2c2c1CCCN2. The molecule has 1 aromatic carbocycles. The molecule has 1 aliphatic rings. The lowest BCUT2D eigenvalue weighted by molar-refractivity contribution is 0.286. The van der Waals surface area contributed by atoms with Gasteiger partial charge in [0.25, 0.3) is 5.56 Å². The molecule has 0 fully saturated rings. The van der Waals surface area contributed by atoms with Crippen molar-refractivity contribution in [2.75, 3.05) is 25.0 Å². The Hall–Kier alpha value is -1.85. The zero-order valence-electron chi connectivity index (χ0n) is 12.0. The molecule has 0 bridgehead atoms. The van der Waals surface area contributed by atoms with E-state index >= 15 is 0 Å². The Morgan fingerprint density at radius 2 is 2.24 bits per heavy atom. The number of anilines is 1. The van der Waals surface area contributed by atoms with Crippen LogP contribution < -0.4 is 16.2 Å². The summed E-state index contributed by atoms with van der Waals surface area (Å²) in [6.45, 7) is 2.66. The van der Waals surface area contributed by atoms with Crippen molar-refractivity contribution in [1.82, 2.24) is 10.3 Å². The topological polar surface area (TPSA) is 77.2 Å². The second kappa shape index (κ2) is 6.28. The molecular weight excluding hydrogens is 266 g/mol. The average Bonchev–Trinajstić information content (AvgIpc) is 2.52. The molecule has 0 saturated heterocycles. The maximum Gasteiger partial charge on any atom is 0.253 e. The number of aromatic nitrogens is 1. The third-order valence-corrected chi connectivity index (χ3v) is 3.92. The van der Waals surface area contributed by atoms with Crippen molar-refractivity contribution in [3.63, 3.8) is 0 Å². The molecule has 0 atom stereocenters. The standard InChI is InChI=1S/C16H21N3O2/c20-8-2-6-17-10-11-4-5-12-14(9-11)19-16(21)13-3-1-7-18-15(12)13/h4-5,9,17-18,20H,1-3,6-8,10H2,(H,19,21). The summed E-state index contributed by atoms with van der Waals surface area (Å²) >= 11 is 0. The predicted molar refractivity (Wildman–Crippen MR) is 84.8 cm³/mol. The monoisotopic (exact) mass is 287 g/mol. The number of fused-ring (bicyclic) bond motifs is 3. The molecule has 112 valence electrons. The minimum atomic E-state index is 0.0232. The minimum Gasteiger partial charge on any atom is -0.396 e. The lowest BCUT2D eigenvalue weighted by atomic mass is 10.0. The van der Waals surface area contributed by atoms with E-state index in [-0.39, 0.29) is 12.2 Å². The summed E-state index contributed by atoms with van der Waals surface area (Å²) in [4.78, 5) is 15.1. The number of pyridine rings is 1. The molecule has 0 saturated carbocycles. The van der Waals surface area contributed by atoms with Crippen LogP contribution >= 0.6 is 0 Å². The number of aliphatic hydroxyl groups excluding tert-OH is 1. The number of nitrogens with one attached hydrogen (secondary N) is 3. The number of rotatable bonds is 5. The van der Waals surface area contributed by atoms with Gasteiger partial charge in [0.2, 0.25) is 0 Å². The molecule has 5 heteroatoms. The summed E-state index contributed by atoms with van der Waals surface area (Å²) in [5, 5.41) is 16.5. The van der Waals surface area contributed by atoms with Gasteiger partial charge < -0.3 is 20.7 Å². The van der Waals surface area contributed by atoms with Gasteiger partial charge in [0.05, 0.1) is 11.2 Å². The first-order chi connectivity index (χ1) is 10.3. The van der Waals surface area contributed by atoms with Crippen molar-refractivity contribution in [1.29, 1.82) is 0 Å². The fourth-order valence-corrected chi connectivity index (χ4v) is 2.85. The smallest absolute Gasteiger partial charge is 0.253 e. The molecule has 2 heterocycles. The first kappa shape index (κ1) is 14.1. The van der Waals surface area contributed by atoms with Crippen molar-refractivity contribution in [3.8, 4) is 0 Å². The van der Waals surface area contributed by atoms with E-state index < -0.39 is 0 Å². The highest BCUT2D eigenvalue weighted by Crippen LogP contribution is 2.27. The van der Waals surface area contributed by atoms with E-state index in [0.717, 1.165) is 66.6 Å². The Morgan fingerprint density at radius 3 is 3.10 bits per heavy atom. The number of hydrogen-bond acceptors (Lipinski definition) is 4. The molecule has 0 aliphatic carbocycles. The maximum atomic E-state index is 12.1. The van der Waals surface area contributed by atoms with Crippen LogP contribution in [0.25, 0.3) is 10.9 Å². The highest BCUT2D eigenvalue weighted by molar-refractivity contribution is 5.93. The lowest BCUT2D eigenvalue weighted by Crippen LogP contribution is -2.22. The van der Waals surface area contributed by atoms with Crippen LogP contribution in [0.4, 0.5) is 5.69 Å². The Kier molecular flexibility index (Phi) is 4.22. The average molecular weight is 287 g/mol. The van der Waals surface area contributed by atoms with Crippen LogP contribution in [0, 0.1) is 0 Å². The fraction of sp³-hybridized carbons (Fsp3) is 0.438. The first-order valence-corrected chi connectivity index (χ1v) is 7.53. The molecular formula is C16H21N3O2. The highest BCUT2D eigenvalue weighted by Gasteiger charge is 2.15. The fourth-order valence-electron chi connectivity index (χ4n) is 2.85. The van der Waals surface area contributed by atoms with Gasteiger partial charge in [-0.15, -0.1) is 0 Å². The molecule has 4 N–H and O–H groups in total. The Bertz CT molecular complexity index is 694. The number of benzene rings is 1. The zero-order chi connectivity index (χ0) is 14.7. The summed E-state index contributed by atoms with van der Waals surface area (Å²) in [6.07, 6.45) is 2.61. The minimum absolute atomic E-state index is 0.0232. The number of aromatic amines is 1. The molecule has 21 heavy (non-hydrogen) atoms. The second-order valence-electron chi connectivity index (χ2n) is 5.47. The third-order valence-electron chi connectivity index (χ3n) is 3.92.